The molecule has 0 aliphatic carbocycles. The van der Waals surface area contributed by atoms with E-state index in [0.29, 0.717) is 5.69 Å². The molecule has 0 unspecified atom stereocenters. The highest BCUT2D eigenvalue weighted by Gasteiger charge is 2.22. The van der Waals surface area contributed by atoms with Crippen LogP contribution in [0.15, 0.2) is 30.3 Å². The summed E-state index contributed by atoms with van der Waals surface area (Å²) in [5.74, 6) is -1.22. The number of hydrogen-bond acceptors (Lipinski definition) is 4. The molecule has 1 aromatic carbocycles. The van der Waals surface area contributed by atoms with Crippen LogP contribution in [0.25, 0.3) is 5.69 Å². The molecule has 1 heterocycles. The zero-order chi connectivity index (χ0) is 12.4. The minimum absolute atomic E-state index is 0.0711. The number of aromatic carboxylic acids is 1. The summed E-state index contributed by atoms with van der Waals surface area (Å²) in [6.07, 6.45) is 0. The Morgan fingerprint density at radius 3 is 2.59 bits per heavy atom. The lowest BCUT2D eigenvalue weighted by atomic mass is 10.3. The second-order valence-electron chi connectivity index (χ2n) is 3.31. The van der Waals surface area contributed by atoms with E-state index in [9.17, 15) is 4.79 Å². The van der Waals surface area contributed by atoms with Gasteiger partial charge in [-0.3, -0.25) is 4.57 Å². The fourth-order valence-electron chi connectivity index (χ4n) is 1.57. The lowest BCUT2D eigenvalue weighted by Gasteiger charge is -2.07. The van der Waals surface area contributed by atoms with Crippen LogP contribution in [0, 0.1) is 0 Å². The van der Waals surface area contributed by atoms with Crippen molar-refractivity contribution >= 4 is 11.8 Å². The zero-order valence-electron chi connectivity index (χ0n) is 9.12. The third-order valence-electron chi connectivity index (χ3n) is 2.27. The molecule has 0 atom stereocenters. The van der Waals surface area contributed by atoms with Gasteiger partial charge >= 0.3 is 12.0 Å². The van der Waals surface area contributed by atoms with Crippen molar-refractivity contribution < 1.29 is 14.6 Å². The lowest BCUT2D eigenvalue weighted by Crippen LogP contribution is -2.09. The summed E-state index contributed by atoms with van der Waals surface area (Å²) in [6, 6.07) is 9.04. The third kappa shape index (κ3) is 1.80. The highest BCUT2D eigenvalue weighted by molar-refractivity contribution is 5.92. The average molecular weight is 233 g/mol. The fraction of sp³-hybridized carbons (Fsp3) is 0.0909. The molecule has 6 nitrogen and oxygen atoms in total. The SMILES string of the molecule is COc1nc(N)c(C(=O)O)n1-c1ccccc1. The smallest absolute Gasteiger partial charge is 0.356 e. The van der Waals surface area contributed by atoms with Crippen molar-refractivity contribution in [1.82, 2.24) is 9.55 Å². The largest absolute Gasteiger partial charge is 0.476 e. The van der Waals surface area contributed by atoms with Crippen LogP contribution in [0.1, 0.15) is 10.5 Å². The van der Waals surface area contributed by atoms with Crippen molar-refractivity contribution in [1.29, 1.82) is 0 Å². The maximum atomic E-state index is 11.1. The van der Waals surface area contributed by atoms with Gasteiger partial charge < -0.3 is 15.6 Å². The Morgan fingerprint density at radius 2 is 2.06 bits per heavy atom. The zero-order valence-corrected chi connectivity index (χ0v) is 9.12. The summed E-state index contributed by atoms with van der Waals surface area (Å²) < 4.78 is 6.38. The van der Waals surface area contributed by atoms with E-state index >= 15 is 0 Å². The number of methoxy groups -OCH3 is 1. The van der Waals surface area contributed by atoms with Crippen molar-refractivity contribution in [3.05, 3.63) is 36.0 Å². The second-order valence-corrected chi connectivity index (χ2v) is 3.31. The molecule has 2 aromatic rings. The summed E-state index contributed by atoms with van der Waals surface area (Å²) in [5, 5.41) is 9.12. The first-order valence-electron chi connectivity index (χ1n) is 4.86. The van der Waals surface area contributed by atoms with Gasteiger partial charge in [0, 0.05) is 0 Å². The van der Waals surface area contributed by atoms with E-state index in [2.05, 4.69) is 4.98 Å². The van der Waals surface area contributed by atoms with E-state index in [1.54, 1.807) is 24.3 Å². The van der Waals surface area contributed by atoms with Crippen molar-refractivity contribution in [3.8, 4) is 11.7 Å². The Bertz CT molecular complexity index is 549. The summed E-state index contributed by atoms with van der Waals surface area (Å²) >= 11 is 0. The topological polar surface area (TPSA) is 90.4 Å². The van der Waals surface area contributed by atoms with Crippen LogP contribution in [-0.4, -0.2) is 27.7 Å². The Morgan fingerprint density at radius 1 is 1.41 bits per heavy atom. The monoisotopic (exact) mass is 233 g/mol. The molecular formula is C11H11N3O3. The maximum Gasteiger partial charge on any atom is 0.356 e. The van der Waals surface area contributed by atoms with Gasteiger partial charge in [0.2, 0.25) is 0 Å². The number of nitrogens with two attached hydrogens (primary N) is 1. The van der Waals surface area contributed by atoms with E-state index in [0.717, 1.165) is 0 Å². The molecule has 0 radical (unpaired) electrons. The van der Waals surface area contributed by atoms with Crippen LogP contribution in [0.3, 0.4) is 0 Å². The van der Waals surface area contributed by atoms with Crippen LogP contribution >= 0.6 is 0 Å². The molecule has 0 saturated heterocycles. The fourth-order valence-corrected chi connectivity index (χ4v) is 1.57. The number of carboxylic acids is 1. The van der Waals surface area contributed by atoms with Gasteiger partial charge in [-0.1, -0.05) is 18.2 Å². The normalized spacial score (nSPS) is 10.2. The van der Waals surface area contributed by atoms with E-state index in [-0.39, 0.29) is 17.5 Å². The number of carbonyl (C=O) groups is 1. The predicted octanol–water partition coefficient (Wildman–Crippen LogP) is 1.16. The molecule has 0 spiro atoms. The van der Waals surface area contributed by atoms with Crippen LogP contribution in [-0.2, 0) is 0 Å². The number of rotatable bonds is 3. The number of benzene rings is 1. The van der Waals surface area contributed by atoms with Gasteiger partial charge in [-0.05, 0) is 12.1 Å². The van der Waals surface area contributed by atoms with Gasteiger partial charge in [0.05, 0.1) is 12.8 Å². The number of nitrogen functional groups attached to an aromatic ring is 1. The molecule has 17 heavy (non-hydrogen) atoms. The molecule has 6 heteroatoms. The molecule has 0 amide bonds. The molecular weight excluding hydrogens is 222 g/mol. The molecule has 88 valence electrons. The number of ether oxygens (including phenoxy) is 1. The average Bonchev–Trinajstić information content (AvgIpc) is 2.67. The Balaban J connectivity index is 2.70. The number of carboxylic acid groups (broad SMARTS) is 1. The van der Waals surface area contributed by atoms with E-state index in [4.69, 9.17) is 15.6 Å². The number of para-hydroxylation sites is 1. The molecule has 0 bridgehead atoms. The molecule has 0 aliphatic heterocycles. The van der Waals surface area contributed by atoms with Gasteiger partial charge in [-0.2, -0.15) is 4.98 Å². The van der Waals surface area contributed by atoms with E-state index < -0.39 is 5.97 Å². The summed E-state index contributed by atoms with van der Waals surface area (Å²) in [5.41, 5.74) is 6.09. The van der Waals surface area contributed by atoms with Crippen LogP contribution in [0.2, 0.25) is 0 Å². The number of aromatic nitrogens is 2. The number of nitrogens with zero attached hydrogens (tertiary/aromatic N) is 2. The minimum Gasteiger partial charge on any atom is -0.476 e. The quantitative estimate of drug-likeness (QED) is 0.830. The van der Waals surface area contributed by atoms with Gasteiger partial charge in [0.25, 0.3) is 0 Å². The molecule has 0 aliphatic rings. The number of anilines is 1. The van der Waals surface area contributed by atoms with Gasteiger partial charge in [0.1, 0.15) is 0 Å². The van der Waals surface area contributed by atoms with Gasteiger partial charge in [-0.25, -0.2) is 4.79 Å². The molecule has 0 fully saturated rings. The Labute approximate surface area is 97.3 Å². The third-order valence-corrected chi connectivity index (χ3v) is 2.27. The van der Waals surface area contributed by atoms with Crippen molar-refractivity contribution in [2.45, 2.75) is 0 Å². The lowest BCUT2D eigenvalue weighted by molar-refractivity contribution is 0.0688. The summed E-state index contributed by atoms with van der Waals surface area (Å²) in [7, 11) is 1.41. The minimum atomic E-state index is -1.15. The first-order chi connectivity index (χ1) is 8.15. The first kappa shape index (κ1) is 11.0. The van der Waals surface area contributed by atoms with Gasteiger partial charge in [0.15, 0.2) is 11.5 Å². The summed E-state index contributed by atoms with van der Waals surface area (Å²) in [6.45, 7) is 0. The number of hydrogen-bond donors (Lipinski definition) is 2. The highest BCUT2D eigenvalue weighted by atomic mass is 16.5. The van der Waals surface area contributed by atoms with E-state index in [1.807, 2.05) is 6.07 Å². The molecule has 3 N–H and O–H groups in total. The molecule has 0 saturated carbocycles. The van der Waals surface area contributed by atoms with Crippen molar-refractivity contribution in [2.24, 2.45) is 0 Å². The maximum absolute atomic E-state index is 11.1. The Hall–Kier alpha value is -2.50. The van der Waals surface area contributed by atoms with Crippen LogP contribution in [0.5, 0.6) is 6.01 Å². The standard InChI is InChI=1S/C11H11N3O3/c1-17-11-13-9(12)8(10(15)16)14(11)7-5-3-2-4-6-7/h2-6H,12H2,1H3,(H,15,16). The number of imidazole rings is 1. The first-order valence-corrected chi connectivity index (χ1v) is 4.86. The Kier molecular flexibility index (Phi) is 2.70. The molecule has 2 rings (SSSR count). The van der Waals surface area contributed by atoms with E-state index in [1.165, 1.54) is 11.7 Å². The molecule has 1 aromatic heterocycles. The highest BCUT2D eigenvalue weighted by Crippen LogP contribution is 2.24. The predicted molar refractivity (Wildman–Crippen MR) is 61.5 cm³/mol. The summed E-state index contributed by atoms with van der Waals surface area (Å²) in [4.78, 5) is 15.0. The second kappa shape index (κ2) is 4.17. The van der Waals surface area contributed by atoms with Crippen LogP contribution in [0.4, 0.5) is 5.82 Å². The van der Waals surface area contributed by atoms with Crippen LogP contribution < -0.4 is 10.5 Å². The van der Waals surface area contributed by atoms with Gasteiger partial charge in [-0.15, -0.1) is 0 Å². The van der Waals surface area contributed by atoms with Crippen molar-refractivity contribution in [3.63, 3.8) is 0 Å². The van der Waals surface area contributed by atoms with Crippen molar-refractivity contribution in [2.75, 3.05) is 12.8 Å².